The molecule has 5 heteroatoms. The average molecular weight is 282 g/mol. The van der Waals surface area contributed by atoms with Crippen LogP contribution in [0, 0.1) is 5.41 Å². The molecule has 1 rings (SSSR count). The monoisotopic (exact) mass is 282 g/mol. The van der Waals surface area contributed by atoms with Crippen molar-refractivity contribution in [1.82, 2.24) is 4.90 Å². The van der Waals surface area contributed by atoms with Crippen molar-refractivity contribution < 1.29 is 14.3 Å². The van der Waals surface area contributed by atoms with Gasteiger partial charge in [-0.1, -0.05) is 20.8 Å². The van der Waals surface area contributed by atoms with E-state index in [1.807, 2.05) is 27.7 Å². The van der Waals surface area contributed by atoms with Gasteiger partial charge in [0.1, 0.15) is 11.6 Å². The first-order chi connectivity index (χ1) is 8.93. The number of amides is 2. The molecule has 1 heterocycles. The van der Waals surface area contributed by atoms with Crippen LogP contribution in [-0.4, -0.2) is 28.5 Å². The lowest BCUT2D eigenvalue weighted by Crippen LogP contribution is -2.51. The molecule has 0 fully saturated rings. The number of rotatable bonds is 2. The van der Waals surface area contributed by atoms with Crippen molar-refractivity contribution in [1.29, 1.82) is 0 Å². The van der Waals surface area contributed by atoms with E-state index in [4.69, 9.17) is 10.5 Å². The minimum absolute atomic E-state index is 0.471. The zero-order valence-electron chi connectivity index (χ0n) is 13.5. The van der Waals surface area contributed by atoms with E-state index in [-0.39, 0.29) is 0 Å². The van der Waals surface area contributed by atoms with Gasteiger partial charge in [0.05, 0.1) is 0 Å². The highest BCUT2D eigenvalue weighted by Crippen LogP contribution is 2.45. The molecule has 0 bridgehead atoms. The highest BCUT2D eigenvalue weighted by molar-refractivity contribution is 5.88. The van der Waals surface area contributed by atoms with Gasteiger partial charge in [0.25, 0.3) is 0 Å². The van der Waals surface area contributed by atoms with Crippen LogP contribution in [-0.2, 0) is 9.53 Å². The van der Waals surface area contributed by atoms with E-state index in [1.165, 1.54) is 4.90 Å². The average Bonchev–Trinajstić information content (AvgIpc) is 2.42. The smallest absolute Gasteiger partial charge is 0.415 e. The summed E-state index contributed by atoms with van der Waals surface area (Å²) in [4.78, 5) is 25.7. The first kappa shape index (κ1) is 16.5. The number of primary amides is 1. The van der Waals surface area contributed by atoms with Gasteiger partial charge in [-0.3, -0.25) is 9.69 Å². The summed E-state index contributed by atoms with van der Waals surface area (Å²) in [7, 11) is 0. The van der Waals surface area contributed by atoms with Crippen molar-refractivity contribution in [2.45, 2.75) is 66.5 Å². The quantitative estimate of drug-likeness (QED) is 0.846. The summed E-state index contributed by atoms with van der Waals surface area (Å²) in [6.45, 7) is 13.1. The van der Waals surface area contributed by atoms with Crippen molar-refractivity contribution in [2.75, 3.05) is 0 Å². The third-order valence-electron chi connectivity index (χ3n) is 3.73. The molecule has 0 spiro atoms. The molecule has 0 radical (unpaired) electrons. The van der Waals surface area contributed by atoms with Crippen LogP contribution >= 0.6 is 0 Å². The van der Waals surface area contributed by atoms with Gasteiger partial charge in [0.15, 0.2) is 0 Å². The summed E-state index contributed by atoms with van der Waals surface area (Å²) in [6.07, 6.45) is 0.248. The molecule has 1 aliphatic heterocycles. The molecule has 0 aromatic carbocycles. The number of hydrogen-bond acceptors (Lipinski definition) is 3. The summed E-state index contributed by atoms with van der Waals surface area (Å²) >= 11 is 0. The van der Waals surface area contributed by atoms with Crippen molar-refractivity contribution >= 4 is 12.0 Å². The number of hydrogen-bond donors (Lipinski definition) is 1. The largest absolute Gasteiger partial charge is 0.443 e. The molecule has 1 atom stereocenters. The van der Waals surface area contributed by atoms with Gasteiger partial charge in [0, 0.05) is 11.1 Å². The van der Waals surface area contributed by atoms with E-state index < -0.39 is 29.1 Å². The van der Waals surface area contributed by atoms with Gasteiger partial charge in [-0.05, 0) is 39.7 Å². The molecule has 0 aromatic heterocycles. The second kappa shape index (κ2) is 5.11. The van der Waals surface area contributed by atoms with Gasteiger partial charge >= 0.3 is 6.09 Å². The van der Waals surface area contributed by atoms with Crippen molar-refractivity contribution in [3.63, 3.8) is 0 Å². The molecule has 20 heavy (non-hydrogen) atoms. The van der Waals surface area contributed by atoms with E-state index in [1.54, 1.807) is 20.8 Å². The zero-order valence-corrected chi connectivity index (χ0v) is 13.5. The molecule has 5 nitrogen and oxygen atoms in total. The highest BCUT2D eigenvalue weighted by atomic mass is 16.6. The first-order valence-corrected chi connectivity index (χ1v) is 6.95. The summed E-state index contributed by atoms with van der Waals surface area (Å²) in [5.41, 5.74) is 6.28. The lowest BCUT2D eigenvalue weighted by molar-refractivity contribution is -0.124. The Morgan fingerprint density at radius 3 is 2.20 bits per heavy atom. The van der Waals surface area contributed by atoms with Crippen LogP contribution in [0.25, 0.3) is 0 Å². The standard InChI is InChI=1S/C15H26N2O3/c1-8-10-9(2)17(13(19)20-14(3,4)5)11(12(16)18)15(10,6)7/h11H,8H2,1-7H3,(H2,16,18). The molecule has 1 unspecified atom stereocenters. The lowest BCUT2D eigenvalue weighted by atomic mass is 9.78. The van der Waals surface area contributed by atoms with Gasteiger partial charge in [-0.15, -0.1) is 0 Å². The van der Waals surface area contributed by atoms with Crippen LogP contribution in [0.15, 0.2) is 11.3 Å². The molecule has 0 aliphatic carbocycles. The van der Waals surface area contributed by atoms with Crippen molar-refractivity contribution in [3.05, 3.63) is 11.3 Å². The van der Waals surface area contributed by atoms with Crippen LogP contribution in [0.5, 0.6) is 0 Å². The maximum Gasteiger partial charge on any atom is 0.415 e. The number of carbonyl (C=O) groups excluding carboxylic acids is 2. The predicted molar refractivity (Wildman–Crippen MR) is 77.8 cm³/mol. The molecule has 1 aliphatic rings. The molecular formula is C15H26N2O3. The van der Waals surface area contributed by atoms with Gasteiger partial charge in [0.2, 0.25) is 5.91 Å². The Balaban J connectivity index is 3.25. The Morgan fingerprint density at radius 1 is 1.35 bits per heavy atom. The van der Waals surface area contributed by atoms with Crippen LogP contribution in [0.1, 0.15) is 54.9 Å². The van der Waals surface area contributed by atoms with E-state index in [2.05, 4.69) is 0 Å². The van der Waals surface area contributed by atoms with Gasteiger partial charge in [-0.2, -0.15) is 0 Å². The Bertz CT molecular complexity index is 458. The fourth-order valence-corrected chi connectivity index (χ4v) is 3.04. The van der Waals surface area contributed by atoms with Crippen molar-refractivity contribution in [2.24, 2.45) is 11.1 Å². The van der Waals surface area contributed by atoms with E-state index in [0.29, 0.717) is 0 Å². The van der Waals surface area contributed by atoms with Crippen LogP contribution < -0.4 is 5.73 Å². The summed E-state index contributed by atoms with van der Waals surface area (Å²) in [5.74, 6) is -0.511. The van der Waals surface area contributed by atoms with Crippen molar-refractivity contribution in [3.8, 4) is 0 Å². The van der Waals surface area contributed by atoms with E-state index in [0.717, 1.165) is 17.7 Å². The first-order valence-electron chi connectivity index (χ1n) is 6.95. The molecule has 114 valence electrons. The second-order valence-corrected chi connectivity index (χ2v) is 6.79. The number of carbonyl (C=O) groups is 2. The molecule has 0 saturated carbocycles. The van der Waals surface area contributed by atoms with Crippen LogP contribution in [0.3, 0.4) is 0 Å². The number of allylic oxidation sites excluding steroid dienone is 1. The number of ether oxygens (including phenoxy) is 1. The number of nitrogens with two attached hydrogens (primary N) is 1. The van der Waals surface area contributed by atoms with Crippen LogP contribution in [0.2, 0.25) is 0 Å². The maximum absolute atomic E-state index is 12.4. The third kappa shape index (κ3) is 2.81. The minimum Gasteiger partial charge on any atom is -0.443 e. The second-order valence-electron chi connectivity index (χ2n) is 6.79. The van der Waals surface area contributed by atoms with Gasteiger partial charge in [-0.25, -0.2) is 4.79 Å². The summed E-state index contributed by atoms with van der Waals surface area (Å²) in [6, 6.07) is -0.702. The Hall–Kier alpha value is -1.52. The lowest BCUT2D eigenvalue weighted by Gasteiger charge is -2.33. The van der Waals surface area contributed by atoms with Crippen LogP contribution in [0.4, 0.5) is 4.79 Å². The van der Waals surface area contributed by atoms with E-state index >= 15 is 0 Å². The Labute approximate surface area is 121 Å². The van der Waals surface area contributed by atoms with Gasteiger partial charge < -0.3 is 10.5 Å². The molecule has 2 N–H and O–H groups in total. The highest BCUT2D eigenvalue weighted by Gasteiger charge is 2.50. The van der Waals surface area contributed by atoms with E-state index in [9.17, 15) is 9.59 Å². The zero-order chi connectivity index (χ0) is 15.9. The SMILES string of the molecule is CCC1=C(C)N(C(=O)OC(C)(C)C)C(C(N)=O)C1(C)C. The minimum atomic E-state index is -0.702. The predicted octanol–water partition coefficient (Wildman–Crippen LogP) is 2.80. The maximum atomic E-state index is 12.4. The normalized spacial score (nSPS) is 22.1. The summed E-state index contributed by atoms with van der Waals surface area (Å²) < 4.78 is 5.40. The molecule has 2 amide bonds. The number of nitrogens with zero attached hydrogens (tertiary/aromatic N) is 1. The Morgan fingerprint density at radius 2 is 1.85 bits per heavy atom. The molecule has 0 saturated heterocycles. The summed E-state index contributed by atoms with van der Waals surface area (Å²) in [5, 5.41) is 0. The Kier molecular flexibility index (Phi) is 4.22. The fraction of sp³-hybridized carbons (Fsp3) is 0.733. The molecular weight excluding hydrogens is 256 g/mol. The fourth-order valence-electron chi connectivity index (χ4n) is 3.04. The third-order valence-corrected chi connectivity index (χ3v) is 3.73. The molecule has 0 aromatic rings. The topological polar surface area (TPSA) is 72.6 Å².